The third kappa shape index (κ3) is 4.16. The summed E-state index contributed by atoms with van der Waals surface area (Å²) in [5.41, 5.74) is 0.425. The predicted molar refractivity (Wildman–Crippen MR) is 103 cm³/mol. The van der Waals surface area contributed by atoms with Gasteiger partial charge in [-0.2, -0.15) is 0 Å². The maximum atomic E-state index is 12.4. The van der Waals surface area contributed by atoms with Crippen LogP contribution in [0.2, 0.25) is 0 Å². The second-order valence-corrected chi connectivity index (χ2v) is 7.99. The molecule has 2 heterocycles. The Labute approximate surface area is 166 Å². The van der Waals surface area contributed by atoms with Crippen LogP contribution in [0, 0.1) is 6.92 Å². The average molecular weight is 415 g/mol. The van der Waals surface area contributed by atoms with E-state index in [9.17, 15) is 13.2 Å². The van der Waals surface area contributed by atoms with Crippen molar-refractivity contribution in [2.45, 2.75) is 17.9 Å². The van der Waals surface area contributed by atoms with Gasteiger partial charge in [-0.05, 0) is 43.3 Å². The molecule has 1 atom stereocenters. The second-order valence-electron chi connectivity index (χ2n) is 6.31. The van der Waals surface area contributed by atoms with Gasteiger partial charge >= 0.3 is 0 Å². The van der Waals surface area contributed by atoms with Crippen LogP contribution in [-0.2, 0) is 14.8 Å². The summed E-state index contributed by atoms with van der Waals surface area (Å²) in [6.07, 6.45) is -0.814. The molecule has 0 bridgehead atoms. The molecule has 10 heteroatoms. The van der Waals surface area contributed by atoms with Crippen LogP contribution >= 0.6 is 0 Å². The Kier molecular flexibility index (Phi) is 4.85. The van der Waals surface area contributed by atoms with E-state index in [-0.39, 0.29) is 17.3 Å². The fraction of sp³-hybridized carbons (Fsp3) is 0.158. The first kappa shape index (κ1) is 18.8. The maximum Gasteiger partial charge on any atom is 0.269 e. The number of nitrogens with zero attached hydrogens (tertiary/aromatic N) is 1. The van der Waals surface area contributed by atoms with Crippen LogP contribution in [0.25, 0.3) is 0 Å². The summed E-state index contributed by atoms with van der Waals surface area (Å²) in [5.74, 6) is 1.26. The summed E-state index contributed by atoms with van der Waals surface area (Å²) in [4.78, 5) is 12.5. The largest absolute Gasteiger partial charge is 0.485 e. The van der Waals surface area contributed by atoms with Gasteiger partial charge in [0.15, 0.2) is 17.3 Å². The number of para-hydroxylation sites is 2. The molecule has 0 spiro atoms. The Morgan fingerprint density at radius 1 is 1.10 bits per heavy atom. The van der Waals surface area contributed by atoms with Crippen molar-refractivity contribution in [2.24, 2.45) is 0 Å². The van der Waals surface area contributed by atoms with Crippen molar-refractivity contribution in [1.29, 1.82) is 0 Å². The van der Waals surface area contributed by atoms with E-state index in [2.05, 4.69) is 15.2 Å². The van der Waals surface area contributed by atoms with Crippen LogP contribution in [-0.4, -0.2) is 32.2 Å². The zero-order valence-electron chi connectivity index (χ0n) is 15.3. The molecule has 0 saturated carbocycles. The lowest BCUT2D eigenvalue weighted by atomic mass is 10.2. The Morgan fingerprint density at radius 2 is 1.83 bits per heavy atom. The van der Waals surface area contributed by atoms with Crippen molar-refractivity contribution in [1.82, 2.24) is 5.16 Å². The smallest absolute Gasteiger partial charge is 0.269 e. The van der Waals surface area contributed by atoms with E-state index in [1.807, 2.05) is 6.07 Å². The number of ether oxygens (including phenoxy) is 2. The monoisotopic (exact) mass is 415 g/mol. The molecule has 9 nitrogen and oxygen atoms in total. The molecule has 3 aromatic rings. The van der Waals surface area contributed by atoms with Gasteiger partial charge in [-0.3, -0.25) is 9.52 Å². The van der Waals surface area contributed by atoms with Crippen LogP contribution in [0.5, 0.6) is 11.5 Å². The van der Waals surface area contributed by atoms with Crippen LogP contribution in [0.1, 0.15) is 5.76 Å². The Hall–Kier alpha value is -3.53. The van der Waals surface area contributed by atoms with E-state index in [0.717, 1.165) is 0 Å². The average Bonchev–Trinajstić information content (AvgIpc) is 3.12. The number of amides is 1. The molecule has 0 radical (unpaired) electrons. The highest BCUT2D eigenvalue weighted by Gasteiger charge is 2.27. The lowest BCUT2D eigenvalue weighted by molar-refractivity contribution is -0.125. The van der Waals surface area contributed by atoms with Crippen molar-refractivity contribution in [2.75, 3.05) is 16.6 Å². The molecule has 1 amide bonds. The fourth-order valence-electron chi connectivity index (χ4n) is 2.70. The first-order chi connectivity index (χ1) is 13.9. The summed E-state index contributed by atoms with van der Waals surface area (Å²) in [7, 11) is -3.83. The van der Waals surface area contributed by atoms with Gasteiger partial charge in [0.05, 0.1) is 4.90 Å². The highest BCUT2D eigenvalue weighted by atomic mass is 32.2. The van der Waals surface area contributed by atoms with Crippen LogP contribution in [0.3, 0.4) is 0 Å². The number of sulfonamides is 1. The third-order valence-corrected chi connectivity index (χ3v) is 5.47. The molecule has 150 valence electrons. The van der Waals surface area contributed by atoms with Gasteiger partial charge in [0.25, 0.3) is 15.9 Å². The Morgan fingerprint density at radius 3 is 2.52 bits per heavy atom. The van der Waals surface area contributed by atoms with Gasteiger partial charge in [0.1, 0.15) is 12.4 Å². The summed E-state index contributed by atoms with van der Waals surface area (Å²) < 4.78 is 43.1. The zero-order valence-corrected chi connectivity index (χ0v) is 16.1. The molecule has 4 rings (SSSR count). The van der Waals surface area contributed by atoms with E-state index in [4.69, 9.17) is 14.0 Å². The zero-order chi connectivity index (χ0) is 20.4. The minimum absolute atomic E-state index is 0.0160. The number of aryl methyl sites for hydroxylation is 1. The van der Waals surface area contributed by atoms with Crippen LogP contribution in [0.4, 0.5) is 11.5 Å². The molecular weight excluding hydrogens is 398 g/mol. The molecule has 29 heavy (non-hydrogen) atoms. The lowest BCUT2D eigenvalue weighted by Gasteiger charge is -2.25. The Bertz CT molecular complexity index is 1140. The van der Waals surface area contributed by atoms with Crippen LogP contribution in [0.15, 0.2) is 64.0 Å². The van der Waals surface area contributed by atoms with Crippen molar-refractivity contribution in [3.63, 3.8) is 0 Å². The number of fused-ring (bicyclic) bond motifs is 1. The SMILES string of the molecule is Cc1cc(NS(=O)(=O)c2ccc(NC(=O)[C@H]3COc4ccccc4O3)cc2)no1. The van der Waals surface area contributed by atoms with Crippen LogP contribution < -0.4 is 19.5 Å². The number of hydrogen-bond donors (Lipinski definition) is 2. The molecule has 0 unspecified atom stereocenters. The van der Waals surface area contributed by atoms with Gasteiger partial charge in [-0.15, -0.1) is 0 Å². The molecule has 2 aromatic carbocycles. The normalized spacial score (nSPS) is 15.6. The molecular formula is C19H17N3O6S. The highest BCUT2D eigenvalue weighted by Crippen LogP contribution is 2.31. The summed E-state index contributed by atoms with van der Waals surface area (Å²) in [6.45, 7) is 1.73. The van der Waals surface area contributed by atoms with Gasteiger partial charge in [0.2, 0.25) is 6.10 Å². The Balaban J connectivity index is 1.41. The number of nitrogens with one attached hydrogen (secondary N) is 2. The highest BCUT2D eigenvalue weighted by molar-refractivity contribution is 7.92. The number of anilines is 2. The van der Waals surface area contributed by atoms with Crippen molar-refractivity contribution < 1.29 is 27.2 Å². The number of rotatable bonds is 5. The lowest BCUT2D eigenvalue weighted by Crippen LogP contribution is -2.40. The number of carbonyl (C=O) groups excluding carboxylic acids is 1. The second kappa shape index (κ2) is 7.47. The van der Waals surface area contributed by atoms with Gasteiger partial charge < -0.3 is 19.3 Å². The van der Waals surface area contributed by atoms with Crippen molar-refractivity contribution in [3.8, 4) is 11.5 Å². The van der Waals surface area contributed by atoms with Crippen molar-refractivity contribution in [3.05, 3.63) is 60.4 Å². The van der Waals surface area contributed by atoms with E-state index < -0.39 is 22.0 Å². The van der Waals surface area contributed by atoms with Gasteiger partial charge in [-0.25, -0.2) is 8.42 Å². The van der Waals surface area contributed by atoms with E-state index >= 15 is 0 Å². The molecule has 0 fully saturated rings. The number of hydrogen-bond acceptors (Lipinski definition) is 7. The molecule has 2 N–H and O–H groups in total. The molecule has 0 aliphatic carbocycles. The van der Waals surface area contributed by atoms with Gasteiger partial charge in [-0.1, -0.05) is 17.3 Å². The molecule has 0 saturated heterocycles. The molecule has 1 aliphatic rings. The van der Waals surface area contributed by atoms with Crippen molar-refractivity contribution >= 4 is 27.4 Å². The summed E-state index contributed by atoms with van der Waals surface area (Å²) >= 11 is 0. The minimum atomic E-state index is -3.83. The van der Waals surface area contributed by atoms with E-state index in [1.165, 1.54) is 30.3 Å². The first-order valence-corrected chi connectivity index (χ1v) is 10.1. The quantitative estimate of drug-likeness (QED) is 0.657. The number of carbonyl (C=O) groups is 1. The molecule has 1 aliphatic heterocycles. The maximum absolute atomic E-state index is 12.4. The third-order valence-electron chi connectivity index (χ3n) is 4.10. The summed E-state index contributed by atoms with van der Waals surface area (Å²) in [6, 6.07) is 14.3. The standard InChI is InChI=1S/C19H17N3O6S/c1-12-10-18(21-28-12)22-29(24,25)14-8-6-13(7-9-14)20-19(23)17-11-26-15-4-2-3-5-16(15)27-17/h2-10,17H,11H2,1H3,(H,20,23)(H,21,22)/t17-/m1/s1. The number of benzene rings is 2. The fourth-order valence-corrected chi connectivity index (χ4v) is 3.68. The summed E-state index contributed by atoms with van der Waals surface area (Å²) in [5, 5.41) is 6.29. The topological polar surface area (TPSA) is 120 Å². The minimum Gasteiger partial charge on any atom is -0.485 e. The van der Waals surface area contributed by atoms with E-state index in [0.29, 0.717) is 22.9 Å². The number of aromatic nitrogens is 1. The first-order valence-electron chi connectivity index (χ1n) is 8.66. The molecule has 1 aromatic heterocycles. The van der Waals surface area contributed by atoms with Gasteiger partial charge in [0, 0.05) is 11.8 Å². The van der Waals surface area contributed by atoms with E-state index in [1.54, 1.807) is 25.1 Å². The predicted octanol–water partition coefficient (Wildman–Crippen LogP) is 2.56.